The Morgan fingerprint density at radius 3 is 2.54 bits per heavy atom. The summed E-state index contributed by atoms with van der Waals surface area (Å²) in [6, 6.07) is 5.82. The van der Waals surface area contributed by atoms with Crippen LogP contribution in [-0.2, 0) is 17.9 Å². The van der Waals surface area contributed by atoms with E-state index in [9.17, 15) is 18.4 Å². The van der Waals surface area contributed by atoms with Gasteiger partial charge in [0.2, 0.25) is 17.7 Å². The predicted octanol–water partition coefficient (Wildman–Crippen LogP) is 2.62. The summed E-state index contributed by atoms with van der Waals surface area (Å²) >= 11 is 0. The maximum atomic E-state index is 13.2. The minimum absolute atomic E-state index is 0.0607. The second-order valence-corrected chi connectivity index (χ2v) is 6.54. The Bertz CT molecular complexity index is 1040. The van der Waals surface area contributed by atoms with E-state index >= 15 is 0 Å². The number of halogens is 2. The minimum Gasteiger partial charge on any atom is -0.420 e. The summed E-state index contributed by atoms with van der Waals surface area (Å²) in [6.45, 7) is 3.49. The molecule has 0 fully saturated rings. The number of carbonyl (C=O) groups is 1. The summed E-state index contributed by atoms with van der Waals surface area (Å²) in [5, 5.41) is 10.4. The molecule has 0 atom stereocenters. The van der Waals surface area contributed by atoms with Gasteiger partial charge >= 0.3 is 0 Å². The lowest BCUT2D eigenvalue weighted by Crippen LogP contribution is -2.31. The lowest BCUT2D eigenvalue weighted by molar-refractivity contribution is -0.121. The first-order chi connectivity index (χ1) is 13.3. The zero-order valence-electron chi connectivity index (χ0n) is 15.3. The molecule has 0 radical (unpaired) electrons. The number of amides is 1. The van der Waals surface area contributed by atoms with E-state index in [1.54, 1.807) is 0 Å². The van der Waals surface area contributed by atoms with Crippen molar-refractivity contribution in [2.24, 2.45) is 0 Å². The molecular weight excluding hydrogens is 370 g/mol. The van der Waals surface area contributed by atoms with E-state index < -0.39 is 17.5 Å². The maximum Gasteiger partial charge on any atom is 0.251 e. The normalized spacial score (nSPS) is 11.0. The molecule has 2 heterocycles. The molecule has 9 heteroatoms. The van der Waals surface area contributed by atoms with Crippen molar-refractivity contribution in [1.82, 2.24) is 20.1 Å². The zero-order valence-corrected chi connectivity index (χ0v) is 15.3. The van der Waals surface area contributed by atoms with Crippen LogP contribution in [0.25, 0.3) is 11.5 Å². The highest BCUT2D eigenvalue weighted by Crippen LogP contribution is 2.20. The van der Waals surface area contributed by atoms with Crippen molar-refractivity contribution in [1.29, 1.82) is 0 Å². The maximum absolute atomic E-state index is 13.2. The number of nitrogens with zero attached hydrogens (tertiary/aromatic N) is 3. The molecule has 0 saturated carbocycles. The van der Waals surface area contributed by atoms with Crippen LogP contribution in [0.5, 0.6) is 0 Å². The van der Waals surface area contributed by atoms with Gasteiger partial charge < -0.3 is 14.3 Å². The Kier molecular flexibility index (Phi) is 5.62. The Balaban J connectivity index is 1.70. The van der Waals surface area contributed by atoms with Crippen molar-refractivity contribution in [2.45, 2.75) is 32.9 Å². The molecule has 0 aliphatic rings. The molecular formula is C19H18F2N4O3. The molecule has 0 aliphatic heterocycles. The van der Waals surface area contributed by atoms with Crippen molar-refractivity contribution >= 4 is 5.91 Å². The lowest BCUT2D eigenvalue weighted by atomic mass is 10.2. The van der Waals surface area contributed by atoms with Crippen LogP contribution in [0.15, 0.2) is 45.7 Å². The van der Waals surface area contributed by atoms with Gasteiger partial charge in [0, 0.05) is 30.8 Å². The fraction of sp³-hybridized carbons (Fsp3) is 0.263. The van der Waals surface area contributed by atoms with Crippen LogP contribution in [0.1, 0.15) is 31.2 Å². The summed E-state index contributed by atoms with van der Waals surface area (Å²) in [4.78, 5) is 24.2. The molecule has 0 spiro atoms. The third-order valence-electron chi connectivity index (χ3n) is 3.89. The van der Waals surface area contributed by atoms with Crippen molar-refractivity contribution in [2.75, 3.05) is 0 Å². The standard InChI is InChI=1S/C19H18F2N4O3/c1-11(2)18-23-24-19(28-18)13-3-4-17(27)25(9-13)10-16(26)22-8-12-5-14(20)7-15(21)6-12/h3-7,9,11H,8,10H2,1-2H3,(H,22,26). The molecule has 3 rings (SSSR count). The van der Waals surface area contributed by atoms with Crippen LogP contribution < -0.4 is 10.9 Å². The molecule has 0 unspecified atom stereocenters. The van der Waals surface area contributed by atoms with Crippen LogP contribution in [0.2, 0.25) is 0 Å². The summed E-state index contributed by atoms with van der Waals surface area (Å²) in [6.07, 6.45) is 1.45. The molecule has 1 aromatic carbocycles. The first-order valence-electron chi connectivity index (χ1n) is 8.58. The average molecular weight is 388 g/mol. The minimum atomic E-state index is -0.728. The van der Waals surface area contributed by atoms with Gasteiger partial charge in [0.15, 0.2) is 0 Å². The first-order valence-corrected chi connectivity index (χ1v) is 8.58. The first kappa shape index (κ1) is 19.4. The van der Waals surface area contributed by atoms with E-state index in [0.29, 0.717) is 11.5 Å². The molecule has 1 amide bonds. The summed E-state index contributed by atoms with van der Waals surface area (Å²) in [5.74, 6) is -1.18. The summed E-state index contributed by atoms with van der Waals surface area (Å²) in [5.41, 5.74) is 0.386. The second kappa shape index (κ2) is 8.12. The Labute approximate surface area is 159 Å². The number of rotatable bonds is 6. The molecule has 146 valence electrons. The van der Waals surface area contributed by atoms with Gasteiger partial charge in [-0.3, -0.25) is 9.59 Å². The van der Waals surface area contributed by atoms with E-state index in [1.807, 2.05) is 13.8 Å². The summed E-state index contributed by atoms with van der Waals surface area (Å²) < 4.78 is 33.1. The summed E-state index contributed by atoms with van der Waals surface area (Å²) in [7, 11) is 0. The SMILES string of the molecule is CC(C)c1nnc(-c2ccc(=O)n(CC(=O)NCc3cc(F)cc(F)c3)c2)o1. The smallest absolute Gasteiger partial charge is 0.251 e. The molecule has 1 N–H and O–H groups in total. The molecule has 2 aromatic heterocycles. The van der Waals surface area contributed by atoms with E-state index in [2.05, 4.69) is 15.5 Å². The Morgan fingerprint density at radius 2 is 1.89 bits per heavy atom. The number of benzene rings is 1. The molecule has 0 bridgehead atoms. The van der Waals surface area contributed by atoms with Gasteiger partial charge in [0.1, 0.15) is 18.2 Å². The number of hydrogen-bond acceptors (Lipinski definition) is 5. The highest BCUT2D eigenvalue weighted by atomic mass is 19.1. The number of carbonyl (C=O) groups excluding carboxylic acids is 1. The predicted molar refractivity (Wildman–Crippen MR) is 96.3 cm³/mol. The van der Waals surface area contributed by atoms with E-state index in [4.69, 9.17) is 4.42 Å². The van der Waals surface area contributed by atoms with Gasteiger partial charge in [-0.25, -0.2) is 8.78 Å². The van der Waals surface area contributed by atoms with Gasteiger partial charge in [0.05, 0.1) is 5.56 Å². The lowest BCUT2D eigenvalue weighted by Gasteiger charge is -2.08. The number of pyridine rings is 1. The quantitative estimate of drug-likeness (QED) is 0.701. The third-order valence-corrected chi connectivity index (χ3v) is 3.89. The molecule has 3 aromatic rings. The van der Waals surface area contributed by atoms with Crippen molar-refractivity contribution in [3.05, 3.63) is 70.0 Å². The average Bonchev–Trinajstić information content (AvgIpc) is 3.11. The highest BCUT2D eigenvalue weighted by Gasteiger charge is 2.13. The topological polar surface area (TPSA) is 90.0 Å². The Hall–Kier alpha value is -3.36. The van der Waals surface area contributed by atoms with Crippen molar-refractivity contribution in [3.63, 3.8) is 0 Å². The van der Waals surface area contributed by atoms with Gasteiger partial charge in [-0.15, -0.1) is 10.2 Å². The van der Waals surface area contributed by atoms with Gasteiger partial charge in [0.25, 0.3) is 5.56 Å². The molecule has 7 nitrogen and oxygen atoms in total. The third kappa shape index (κ3) is 4.67. The molecule has 28 heavy (non-hydrogen) atoms. The van der Waals surface area contributed by atoms with E-state index in [-0.39, 0.29) is 36.0 Å². The van der Waals surface area contributed by atoms with Crippen molar-refractivity contribution < 1.29 is 18.0 Å². The monoisotopic (exact) mass is 388 g/mol. The number of hydrogen-bond donors (Lipinski definition) is 1. The van der Waals surface area contributed by atoms with Crippen LogP contribution >= 0.6 is 0 Å². The van der Waals surface area contributed by atoms with E-state index in [0.717, 1.165) is 18.2 Å². The fourth-order valence-electron chi connectivity index (χ4n) is 2.49. The number of aromatic nitrogens is 3. The van der Waals surface area contributed by atoms with Crippen LogP contribution in [-0.4, -0.2) is 20.7 Å². The van der Waals surface area contributed by atoms with E-state index in [1.165, 1.54) is 22.9 Å². The van der Waals surface area contributed by atoms with Crippen LogP contribution in [0, 0.1) is 11.6 Å². The van der Waals surface area contributed by atoms with Gasteiger partial charge in [-0.2, -0.15) is 0 Å². The zero-order chi connectivity index (χ0) is 20.3. The molecule has 0 saturated heterocycles. The highest BCUT2D eigenvalue weighted by molar-refractivity contribution is 5.75. The largest absolute Gasteiger partial charge is 0.420 e. The second-order valence-electron chi connectivity index (χ2n) is 6.54. The van der Waals surface area contributed by atoms with Crippen LogP contribution in [0.3, 0.4) is 0 Å². The molecule has 0 aliphatic carbocycles. The fourth-order valence-corrected chi connectivity index (χ4v) is 2.49. The number of nitrogens with one attached hydrogen (secondary N) is 1. The Morgan fingerprint density at radius 1 is 1.18 bits per heavy atom. The van der Waals surface area contributed by atoms with Gasteiger partial charge in [-0.1, -0.05) is 13.8 Å². The van der Waals surface area contributed by atoms with Gasteiger partial charge in [-0.05, 0) is 23.8 Å². The van der Waals surface area contributed by atoms with Crippen LogP contribution in [0.4, 0.5) is 8.78 Å². The van der Waals surface area contributed by atoms with Crippen molar-refractivity contribution in [3.8, 4) is 11.5 Å².